The first kappa shape index (κ1) is 14.8. The second kappa shape index (κ2) is 6.22. The van der Waals surface area contributed by atoms with E-state index in [2.05, 4.69) is 28.0 Å². The van der Waals surface area contributed by atoms with Gasteiger partial charge in [-0.1, -0.05) is 22.9 Å². The Morgan fingerprint density at radius 3 is 2.75 bits per heavy atom. The summed E-state index contributed by atoms with van der Waals surface area (Å²) in [6.07, 6.45) is 1.71. The molecule has 0 aliphatic heterocycles. The van der Waals surface area contributed by atoms with Crippen molar-refractivity contribution in [2.24, 2.45) is 7.05 Å². The molecule has 0 amide bonds. The van der Waals surface area contributed by atoms with E-state index in [1.54, 1.807) is 6.07 Å². The lowest BCUT2D eigenvalue weighted by Crippen LogP contribution is -2.05. The molecule has 0 aliphatic carbocycles. The number of aryl methyl sites for hydroxylation is 3. The molecule has 0 bridgehead atoms. The summed E-state index contributed by atoms with van der Waals surface area (Å²) in [7, 11) is 1.90. The number of carbonyl (C=O) groups excluding carboxylic acids is 1. The van der Waals surface area contributed by atoms with Crippen LogP contribution in [0.15, 0.2) is 22.7 Å². The lowest BCUT2D eigenvalue weighted by molar-refractivity contribution is 0.111. The predicted molar refractivity (Wildman–Crippen MR) is 81.2 cm³/mol. The van der Waals surface area contributed by atoms with Crippen LogP contribution in [-0.2, 0) is 20.1 Å². The van der Waals surface area contributed by atoms with Gasteiger partial charge in [0.2, 0.25) is 0 Å². The van der Waals surface area contributed by atoms with E-state index < -0.39 is 0 Å². The van der Waals surface area contributed by atoms with Gasteiger partial charge < -0.3 is 4.74 Å². The Morgan fingerprint density at radius 2 is 2.15 bits per heavy atom. The van der Waals surface area contributed by atoms with Crippen LogP contribution in [0.25, 0.3) is 0 Å². The fourth-order valence-electron chi connectivity index (χ4n) is 2.07. The summed E-state index contributed by atoms with van der Waals surface area (Å²) in [6, 6.07) is 5.72. The molecule has 1 aromatic carbocycles. The van der Waals surface area contributed by atoms with Gasteiger partial charge in [-0.3, -0.25) is 9.48 Å². The highest BCUT2D eigenvalue weighted by atomic mass is 79.9. The SMILES string of the molecule is CCc1cc(COc2c(C)cc(Br)cc2C=O)n(C)n1. The Kier molecular flexibility index (Phi) is 4.60. The third kappa shape index (κ3) is 3.10. The first-order chi connectivity index (χ1) is 9.55. The fourth-order valence-corrected chi connectivity index (χ4v) is 2.66. The zero-order valence-corrected chi connectivity index (χ0v) is 13.4. The molecule has 0 unspecified atom stereocenters. The topological polar surface area (TPSA) is 44.1 Å². The predicted octanol–water partition coefficient (Wildman–Crippen LogP) is 3.44. The van der Waals surface area contributed by atoms with Gasteiger partial charge in [-0.15, -0.1) is 0 Å². The van der Waals surface area contributed by atoms with Gasteiger partial charge in [0.05, 0.1) is 17.0 Å². The van der Waals surface area contributed by atoms with E-state index in [1.807, 2.05) is 30.8 Å². The Labute approximate surface area is 126 Å². The number of ether oxygens (including phenoxy) is 1. The molecular formula is C15H17BrN2O2. The van der Waals surface area contributed by atoms with Gasteiger partial charge in [-0.05, 0) is 37.1 Å². The number of benzene rings is 1. The van der Waals surface area contributed by atoms with Crippen LogP contribution in [0.3, 0.4) is 0 Å². The van der Waals surface area contributed by atoms with Crippen molar-refractivity contribution in [3.63, 3.8) is 0 Å². The van der Waals surface area contributed by atoms with E-state index in [0.717, 1.165) is 34.1 Å². The van der Waals surface area contributed by atoms with E-state index in [9.17, 15) is 4.79 Å². The van der Waals surface area contributed by atoms with Crippen LogP contribution >= 0.6 is 15.9 Å². The van der Waals surface area contributed by atoms with Gasteiger partial charge in [0.15, 0.2) is 6.29 Å². The molecule has 0 saturated carbocycles. The van der Waals surface area contributed by atoms with Gasteiger partial charge in [-0.25, -0.2) is 0 Å². The fraction of sp³-hybridized carbons (Fsp3) is 0.333. The molecule has 0 radical (unpaired) electrons. The smallest absolute Gasteiger partial charge is 0.153 e. The van der Waals surface area contributed by atoms with Crippen molar-refractivity contribution in [2.45, 2.75) is 26.9 Å². The summed E-state index contributed by atoms with van der Waals surface area (Å²) in [5, 5.41) is 4.38. The normalized spacial score (nSPS) is 10.6. The number of hydrogen-bond acceptors (Lipinski definition) is 3. The molecule has 0 aliphatic rings. The first-order valence-corrected chi connectivity index (χ1v) is 7.24. The van der Waals surface area contributed by atoms with Crippen LogP contribution in [-0.4, -0.2) is 16.1 Å². The molecule has 1 aromatic heterocycles. The van der Waals surface area contributed by atoms with Crippen molar-refractivity contribution < 1.29 is 9.53 Å². The number of aromatic nitrogens is 2. The summed E-state index contributed by atoms with van der Waals surface area (Å²) in [5.74, 6) is 0.627. The molecule has 2 rings (SSSR count). The second-order valence-corrected chi connectivity index (χ2v) is 5.57. The van der Waals surface area contributed by atoms with Crippen LogP contribution < -0.4 is 4.74 Å². The number of rotatable bonds is 5. The maximum atomic E-state index is 11.1. The maximum Gasteiger partial charge on any atom is 0.153 e. The molecule has 0 atom stereocenters. The summed E-state index contributed by atoms with van der Waals surface area (Å²) in [5.41, 5.74) is 3.50. The Bertz CT molecular complexity index is 635. The molecule has 0 saturated heterocycles. The van der Waals surface area contributed by atoms with Crippen molar-refractivity contribution in [3.8, 4) is 5.75 Å². The number of halogens is 1. The molecule has 2 aromatic rings. The van der Waals surface area contributed by atoms with Crippen molar-refractivity contribution in [1.82, 2.24) is 9.78 Å². The highest BCUT2D eigenvalue weighted by Crippen LogP contribution is 2.27. The van der Waals surface area contributed by atoms with E-state index >= 15 is 0 Å². The number of aldehydes is 1. The lowest BCUT2D eigenvalue weighted by atomic mass is 10.1. The Morgan fingerprint density at radius 1 is 1.40 bits per heavy atom. The van der Waals surface area contributed by atoms with Gasteiger partial charge in [0.25, 0.3) is 0 Å². The highest BCUT2D eigenvalue weighted by molar-refractivity contribution is 9.10. The molecule has 20 heavy (non-hydrogen) atoms. The molecule has 0 spiro atoms. The number of nitrogens with zero attached hydrogens (tertiary/aromatic N) is 2. The molecule has 0 N–H and O–H groups in total. The Hall–Kier alpha value is -1.62. The third-order valence-corrected chi connectivity index (χ3v) is 3.61. The quantitative estimate of drug-likeness (QED) is 0.785. The average Bonchev–Trinajstić information content (AvgIpc) is 2.77. The molecule has 106 valence electrons. The van der Waals surface area contributed by atoms with Gasteiger partial charge in [0.1, 0.15) is 12.4 Å². The lowest BCUT2D eigenvalue weighted by Gasteiger charge is -2.12. The zero-order valence-electron chi connectivity index (χ0n) is 11.8. The van der Waals surface area contributed by atoms with Crippen LogP contribution in [0.5, 0.6) is 5.75 Å². The van der Waals surface area contributed by atoms with Crippen molar-refractivity contribution in [1.29, 1.82) is 0 Å². The summed E-state index contributed by atoms with van der Waals surface area (Å²) < 4.78 is 8.51. The standard InChI is InChI=1S/C15H17BrN2O2/c1-4-13-7-14(18(3)17-13)9-20-15-10(2)5-12(16)6-11(15)8-19/h5-8H,4,9H2,1-3H3. The van der Waals surface area contributed by atoms with Crippen LogP contribution in [0, 0.1) is 6.92 Å². The number of carbonyl (C=O) groups is 1. The van der Waals surface area contributed by atoms with Crippen LogP contribution in [0.2, 0.25) is 0 Å². The van der Waals surface area contributed by atoms with Crippen molar-refractivity contribution in [2.75, 3.05) is 0 Å². The summed E-state index contributed by atoms with van der Waals surface area (Å²) >= 11 is 3.38. The van der Waals surface area contributed by atoms with Gasteiger partial charge in [0, 0.05) is 11.5 Å². The minimum absolute atomic E-state index is 0.396. The first-order valence-electron chi connectivity index (χ1n) is 6.45. The third-order valence-electron chi connectivity index (χ3n) is 3.15. The second-order valence-electron chi connectivity index (χ2n) is 4.65. The van der Waals surface area contributed by atoms with Crippen LogP contribution in [0.4, 0.5) is 0 Å². The molecule has 5 heteroatoms. The maximum absolute atomic E-state index is 11.1. The van der Waals surface area contributed by atoms with E-state index in [1.165, 1.54) is 0 Å². The van der Waals surface area contributed by atoms with Crippen molar-refractivity contribution >= 4 is 22.2 Å². The van der Waals surface area contributed by atoms with E-state index in [0.29, 0.717) is 17.9 Å². The van der Waals surface area contributed by atoms with Gasteiger partial charge in [-0.2, -0.15) is 5.10 Å². The Balaban J connectivity index is 2.22. The highest BCUT2D eigenvalue weighted by Gasteiger charge is 2.10. The van der Waals surface area contributed by atoms with E-state index in [-0.39, 0.29) is 0 Å². The molecule has 0 fully saturated rings. The van der Waals surface area contributed by atoms with Gasteiger partial charge >= 0.3 is 0 Å². The van der Waals surface area contributed by atoms with E-state index in [4.69, 9.17) is 4.74 Å². The largest absolute Gasteiger partial charge is 0.486 e. The zero-order chi connectivity index (χ0) is 14.7. The minimum Gasteiger partial charge on any atom is -0.486 e. The molecular weight excluding hydrogens is 320 g/mol. The number of hydrogen-bond donors (Lipinski definition) is 0. The molecule has 1 heterocycles. The monoisotopic (exact) mass is 336 g/mol. The summed E-state index contributed by atoms with van der Waals surface area (Å²) in [4.78, 5) is 11.1. The van der Waals surface area contributed by atoms with Crippen molar-refractivity contribution in [3.05, 3.63) is 45.2 Å². The summed E-state index contributed by atoms with van der Waals surface area (Å²) in [6.45, 7) is 4.39. The minimum atomic E-state index is 0.396. The van der Waals surface area contributed by atoms with Crippen LogP contribution in [0.1, 0.15) is 34.2 Å². The molecule has 4 nitrogen and oxygen atoms in total. The average molecular weight is 337 g/mol.